The van der Waals surface area contributed by atoms with Crippen molar-refractivity contribution >= 4 is 29.9 Å². The fourth-order valence-electron chi connectivity index (χ4n) is 2.69. The predicted molar refractivity (Wildman–Crippen MR) is 105 cm³/mol. The minimum atomic E-state index is -4.72. The minimum Gasteiger partial charge on any atom is -0.405 e. The molecule has 0 radical (unpaired) electrons. The van der Waals surface area contributed by atoms with Crippen LogP contribution in [-0.4, -0.2) is 50.6 Å². The second-order valence-corrected chi connectivity index (χ2v) is 5.94. The van der Waals surface area contributed by atoms with Gasteiger partial charge in [-0.1, -0.05) is 18.2 Å². The zero-order chi connectivity index (χ0) is 18.3. The average Bonchev–Trinajstić information content (AvgIpc) is 3.04. The van der Waals surface area contributed by atoms with Crippen LogP contribution in [0.25, 0.3) is 0 Å². The third-order valence-corrected chi connectivity index (χ3v) is 3.85. The Balaban J connectivity index is 0.00000338. The van der Waals surface area contributed by atoms with E-state index in [2.05, 4.69) is 15.0 Å². The lowest BCUT2D eigenvalue weighted by Crippen LogP contribution is -2.41. The zero-order valence-corrected chi connectivity index (χ0v) is 17.2. The number of hydrogen-bond donors (Lipinski definition) is 1. The molecule has 1 saturated heterocycles. The van der Waals surface area contributed by atoms with E-state index in [0.29, 0.717) is 24.0 Å². The van der Waals surface area contributed by atoms with Crippen molar-refractivity contribution in [1.29, 1.82) is 0 Å². The fourth-order valence-corrected chi connectivity index (χ4v) is 2.69. The Morgan fingerprint density at radius 3 is 2.73 bits per heavy atom. The first kappa shape index (κ1) is 22.8. The molecule has 1 aliphatic rings. The Morgan fingerprint density at radius 2 is 2.12 bits per heavy atom. The largest absolute Gasteiger partial charge is 0.573 e. The van der Waals surface area contributed by atoms with Gasteiger partial charge in [-0.25, -0.2) is 4.99 Å². The molecule has 0 aromatic heterocycles. The van der Waals surface area contributed by atoms with E-state index < -0.39 is 6.36 Å². The van der Waals surface area contributed by atoms with Crippen LogP contribution < -0.4 is 10.1 Å². The van der Waals surface area contributed by atoms with Gasteiger partial charge in [-0.2, -0.15) is 0 Å². The molecule has 0 amide bonds. The predicted octanol–water partition coefficient (Wildman–Crippen LogP) is 3.64. The molecule has 5 nitrogen and oxygen atoms in total. The second kappa shape index (κ2) is 10.8. The van der Waals surface area contributed by atoms with Crippen molar-refractivity contribution < 1.29 is 22.6 Å². The van der Waals surface area contributed by atoms with Crippen LogP contribution in [0.2, 0.25) is 0 Å². The van der Waals surface area contributed by atoms with Gasteiger partial charge in [-0.3, -0.25) is 0 Å². The van der Waals surface area contributed by atoms with Crippen LogP contribution >= 0.6 is 24.0 Å². The van der Waals surface area contributed by atoms with Crippen molar-refractivity contribution in [2.75, 3.05) is 33.4 Å². The molecule has 1 aliphatic heterocycles. The van der Waals surface area contributed by atoms with E-state index >= 15 is 0 Å². The molecule has 0 aliphatic carbocycles. The quantitative estimate of drug-likeness (QED) is 0.378. The van der Waals surface area contributed by atoms with Gasteiger partial charge in [0.15, 0.2) is 5.96 Å². The van der Waals surface area contributed by atoms with Crippen LogP contribution in [0.1, 0.15) is 18.9 Å². The van der Waals surface area contributed by atoms with Gasteiger partial charge < -0.3 is 19.7 Å². The van der Waals surface area contributed by atoms with E-state index in [4.69, 9.17) is 4.74 Å². The molecule has 0 bridgehead atoms. The van der Waals surface area contributed by atoms with Crippen molar-refractivity contribution in [3.8, 4) is 5.75 Å². The van der Waals surface area contributed by atoms with Gasteiger partial charge in [0.2, 0.25) is 0 Å². The lowest BCUT2D eigenvalue weighted by atomic mass is 10.1. The molecule has 1 aromatic rings. The number of rotatable bonds is 6. The fraction of sp³-hybridized carbons (Fsp3) is 0.588. The number of guanidine groups is 1. The van der Waals surface area contributed by atoms with Crippen molar-refractivity contribution in [3.05, 3.63) is 29.8 Å². The van der Waals surface area contributed by atoms with Crippen LogP contribution in [0.15, 0.2) is 29.3 Å². The van der Waals surface area contributed by atoms with E-state index in [1.807, 2.05) is 18.9 Å². The average molecular weight is 487 g/mol. The number of benzene rings is 1. The number of nitrogens with zero attached hydrogens (tertiary/aromatic N) is 2. The number of halogens is 4. The molecule has 1 unspecified atom stereocenters. The number of alkyl halides is 3. The van der Waals surface area contributed by atoms with Crippen molar-refractivity contribution in [2.24, 2.45) is 10.9 Å². The lowest BCUT2D eigenvalue weighted by Gasteiger charge is -2.24. The molecule has 0 saturated carbocycles. The Hall–Kier alpha value is -1.23. The Kier molecular flexibility index (Phi) is 9.48. The Bertz CT molecular complexity index is 579. The molecule has 26 heavy (non-hydrogen) atoms. The van der Waals surface area contributed by atoms with Gasteiger partial charge in [0.05, 0.1) is 13.2 Å². The van der Waals surface area contributed by atoms with E-state index in [9.17, 15) is 13.2 Å². The molecule has 148 valence electrons. The summed E-state index contributed by atoms with van der Waals surface area (Å²) >= 11 is 0. The van der Waals surface area contributed by atoms with E-state index in [1.54, 1.807) is 12.1 Å². The summed E-state index contributed by atoms with van der Waals surface area (Å²) in [6.07, 6.45) is -3.71. The molecule has 1 N–H and O–H groups in total. The van der Waals surface area contributed by atoms with Crippen LogP contribution in [0.5, 0.6) is 5.75 Å². The molecule has 2 rings (SSSR count). The summed E-state index contributed by atoms with van der Waals surface area (Å²) in [6.45, 7) is 5.00. The Morgan fingerprint density at radius 1 is 1.38 bits per heavy atom. The highest BCUT2D eigenvalue weighted by Gasteiger charge is 2.32. The summed E-state index contributed by atoms with van der Waals surface area (Å²) in [7, 11) is 1.91. The lowest BCUT2D eigenvalue weighted by molar-refractivity contribution is -0.274. The van der Waals surface area contributed by atoms with Gasteiger partial charge in [0.1, 0.15) is 5.75 Å². The summed E-state index contributed by atoms with van der Waals surface area (Å²) in [4.78, 5) is 6.44. The first-order chi connectivity index (χ1) is 11.9. The highest BCUT2D eigenvalue weighted by atomic mass is 127. The van der Waals surface area contributed by atoms with Crippen LogP contribution in [0, 0.1) is 5.92 Å². The molecule has 1 aromatic carbocycles. The number of aliphatic imine (C=N–C) groups is 1. The van der Waals surface area contributed by atoms with Gasteiger partial charge in [-0.05, 0) is 19.4 Å². The first-order valence-corrected chi connectivity index (χ1v) is 8.30. The number of ether oxygens (including phenoxy) is 2. The molecular formula is C17H25F3IN3O2. The summed E-state index contributed by atoms with van der Waals surface area (Å²) in [5, 5.41) is 3.17. The van der Waals surface area contributed by atoms with Crippen molar-refractivity contribution in [1.82, 2.24) is 10.2 Å². The third-order valence-electron chi connectivity index (χ3n) is 3.85. The maximum absolute atomic E-state index is 12.5. The Labute approximate surface area is 169 Å². The summed E-state index contributed by atoms with van der Waals surface area (Å²) < 4.78 is 47.0. The van der Waals surface area contributed by atoms with E-state index in [0.717, 1.165) is 26.2 Å². The van der Waals surface area contributed by atoms with Crippen molar-refractivity contribution in [2.45, 2.75) is 26.3 Å². The number of hydrogen-bond acceptors (Lipinski definition) is 3. The number of nitrogens with one attached hydrogen (secondary N) is 1. The minimum absolute atomic E-state index is 0. The molecule has 1 fully saturated rings. The monoisotopic (exact) mass is 487 g/mol. The van der Waals surface area contributed by atoms with Crippen molar-refractivity contribution in [3.63, 3.8) is 0 Å². The van der Waals surface area contributed by atoms with E-state index in [-0.39, 0.29) is 36.3 Å². The first-order valence-electron chi connectivity index (χ1n) is 8.30. The maximum Gasteiger partial charge on any atom is 0.573 e. The van der Waals surface area contributed by atoms with Gasteiger partial charge in [-0.15, -0.1) is 37.1 Å². The van der Waals surface area contributed by atoms with Gasteiger partial charge in [0, 0.05) is 38.2 Å². The molecular weight excluding hydrogens is 462 g/mol. The standard InChI is InChI=1S/C17H24F3N3O2.HI/c1-3-21-16(23(2)11-13-8-9-24-12-13)22-10-14-6-4-5-7-15(14)25-17(18,19)20;/h4-7,13H,3,8-12H2,1-2H3,(H,21,22);1H. The summed E-state index contributed by atoms with van der Waals surface area (Å²) in [5.74, 6) is 0.868. The normalized spacial score (nSPS) is 17.6. The topological polar surface area (TPSA) is 46.1 Å². The van der Waals surface area contributed by atoms with Gasteiger partial charge >= 0.3 is 6.36 Å². The van der Waals surface area contributed by atoms with Gasteiger partial charge in [0.25, 0.3) is 0 Å². The second-order valence-electron chi connectivity index (χ2n) is 5.94. The third kappa shape index (κ3) is 7.56. The highest BCUT2D eigenvalue weighted by molar-refractivity contribution is 14.0. The number of para-hydroxylation sites is 1. The highest BCUT2D eigenvalue weighted by Crippen LogP contribution is 2.26. The van der Waals surface area contributed by atoms with Crippen LogP contribution in [0.3, 0.4) is 0 Å². The summed E-state index contributed by atoms with van der Waals surface area (Å²) in [6, 6.07) is 6.05. The SMILES string of the molecule is CCNC(=NCc1ccccc1OC(F)(F)F)N(C)CC1CCOC1.I. The summed E-state index contributed by atoms with van der Waals surface area (Å²) in [5.41, 5.74) is 0.382. The molecule has 1 atom stereocenters. The smallest absolute Gasteiger partial charge is 0.405 e. The zero-order valence-electron chi connectivity index (χ0n) is 14.9. The van der Waals surface area contributed by atoms with Crippen LogP contribution in [0.4, 0.5) is 13.2 Å². The molecule has 0 spiro atoms. The molecule has 1 heterocycles. The molecule has 9 heteroatoms. The maximum atomic E-state index is 12.5. The van der Waals surface area contributed by atoms with Crippen LogP contribution in [-0.2, 0) is 11.3 Å². The van der Waals surface area contributed by atoms with E-state index in [1.165, 1.54) is 12.1 Å².